The molecule has 0 radical (unpaired) electrons. The number of ether oxygens (including phenoxy) is 1. The summed E-state index contributed by atoms with van der Waals surface area (Å²) in [5.74, 6) is 1.81. The second-order valence-corrected chi connectivity index (χ2v) is 9.43. The first-order valence-corrected chi connectivity index (χ1v) is 12.0. The molecule has 1 saturated heterocycles. The van der Waals surface area contributed by atoms with Crippen molar-refractivity contribution in [3.8, 4) is 5.75 Å². The largest absolute Gasteiger partial charge is 0.497 e. The molecule has 2 N–H and O–H groups in total. The van der Waals surface area contributed by atoms with Crippen molar-refractivity contribution in [2.75, 3.05) is 24.1 Å². The van der Waals surface area contributed by atoms with Crippen molar-refractivity contribution in [2.24, 2.45) is 0 Å². The Bertz CT molecular complexity index is 1140. The minimum absolute atomic E-state index is 0.0619. The molecule has 1 unspecified atom stereocenters. The summed E-state index contributed by atoms with van der Waals surface area (Å²) >= 11 is 1.63. The van der Waals surface area contributed by atoms with Gasteiger partial charge >= 0.3 is 0 Å². The molecule has 1 aromatic heterocycles. The van der Waals surface area contributed by atoms with Crippen molar-refractivity contribution in [1.29, 1.82) is 0 Å². The average molecular weight is 451 g/mol. The molecule has 3 aromatic rings. The second-order valence-electron chi connectivity index (χ2n) is 8.43. The molecule has 2 aliphatic rings. The summed E-state index contributed by atoms with van der Waals surface area (Å²) in [6.07, 6.45) is 5.34. The van der Waals surface area contributed by atoms with Crippen LogP contribution in [0.3, 0.4) is 0 Å². The number of nitrogens with zero attached hydrogens (tertiary/aromatic N) is 2. The Morgan fingerprint density at radius 3 is 2.72 bits per heavy atom. The molecular weight excluding hydrogens is 424 g/mol. The number of benzene rings is 2. The van der Waals surface area contributed by atoms with E-state index >= 15 is 0 Å². The van der Waals surface area contributed by atoms with Crippen molar-refractivity contribution in [3.05, 3.63) is 54.2 Å². The van der Waals surface area contributed by atoms with Gasteiger partial charge < -0.3 is 15.0 Å². The number of aromatic nitrogens is 2. The Balaban J connectivity index is 1.40. The first-order chi connectivity index (χ1) is 15.6. The topological polar surface area (TPSA) is 87.3 Å². The van der Waals surface area contributed by atoms with Gasteiger partial charge in [0.2, 0.25) is 11.8 Å². The van der Waals surface area contributed by atoms with Crippen LogP contribution >= 0.6 is 11.8 Å². The molecule has 2 heterocycles. The minimum Gasteiger partial charge on any atom is -0.497 e. The summed E-state index contributed by atoms with van der Waals surface area (Å²) in [7, 11) is 1.64. The number of fused-ring (bicyclic) bond motifs is 1. The maximum absolute atomic E-state index is 13.9. The normalized spacial score (nSPS) is 19.9. The molecule has 1 saturated carbocycles. The van der Waals surface area contributed by atoms with Crippen LogP contribution in [0.5, 0.6) is 5.75 Å². The van der Waals surface area contributed by atoms with Crippen molar-refractivity contribution in [3.63, 3.8) is 0 Å². The lowest BCUT2D eigenvalue weighted by Crippen LogP contribution is -2.51. The molecule has 32 heavy (non-hydrogen) atoms. The number of H-pyrrole nitrogens is 1. The summed E-state index contributed by atoms with van der Waals surface area (Å²) in [5, 5.41) is 10.9. The summed E-state index contributed by atoms with van der Waals surface area (Å²) < 4.78 is 5.30. The monoisotopic (exact) mass is 450 g/mol. The standard InChI is InChI=1S/C24H26N4O3S/c1-31-17-9-7-16(8-10-17)24(11-2-3-12-24)23(30)28-15-32-14-21(28)22(29)26-19-5-4-6-20-18(19)13-25-27-20/h4-10,13,21H,2-3,11-12,14-15H2,1H3,(H,25,27)(H,26,29). The van der Waals surface area contributed by atoms with Crippen LogP contribution in [0.4, 0.5) is 5.69 Å². The number of carbonyl (C=O) groups excluding carboxylic acids is 2. The Kier molecular flexibility index (Phi) is 5.55. The Morgan fingerprint density at radius 2 is 1.97 bits per heavy atom. The molecule has 1 atom stereocenters. The van der Waals surface area contributed by atoms with Crippen LogP contribution in [0.2, 0.25) is 0 Å². The lowest BCUT2D eigenvalue weighted by molar-refractivity contribution is -0.141. The fourth-order valence-corrected chi connectivity index (χ4v) is 6.10. The SMILES string of the molecule is COc1ccc(C2(C(=O)N3CSCC3C(=O)Nc3cccc4[nH]ncc34)CCCC2)cc1. The van der Waals surface area contributed by atoms with E-state index in [0.717, 1.165) is 47.9 Å². The quantitative estimate of drug-likeness (QED) is 0.615. The molecule has 2 aromatic carbocycles. The van der Waals surface area contributed by atoms with E-state index in [2.05, 4.69) is 15.5 Å². The highest BCUT2D eigenvalue weighted by molar-refractivity contribution is 7.99. The highest BCUT2D eigenvalue weighted by Gasteiger charge is 2.48. The summed E-state index contributed by atoms with van der Waals surface area (Å²) in [5.41, 5.74) is 2.01. The highest BCUT2D eigenvalue weighted by Crippen LogP contribution is 2.44. The molecule has 2 amide bonds. The number of thioether (sulfide) groups is 1. The number of amides is 2. The number of aromatic amines is 1. The zero-order valence-corrected chi connectivity index (χ0v) is 18.8. The van der Waals surface area contributed by atoms with Crippen molar-refractivity contribution in [1.82, 2.24) is 15.1 Å². The van der Waals surface area contributed by atoms with Gasteiger partial charge in [0.25, 0.3) is 0 Å². The van der Waals surface area contributed by atoms with Crippen LogP contribution in [0, 0.1) is 0 Å². The third kappa shape index (κ3) is 3.52. The van der Waals surface area contributed by atoms with E-state index in [1.807, 2.05) is 42.5 Å². The maximum atomic E-state index is 13.9. The third-order valence-electron chi connectivity index (χ3n) is 6.70. The van der Waals surface area contributed by atoms with Gasteiger partial charge in [-0.1, -0.05) is 31.0 Å². The predicted molar refractivity (Wildman–Crippen MR) is 126 cm³/mol. The predicted octanol–water partition coefficient (Wildman–Crippen LogP) is 3.92. The van der Waals surface area contributed by atoms with E-state index in [-0.39, 0.29) is 11.8 Å². The maximum Gasteiger partial charge on any atom is 0.248 e. The lowest BCUT2D eigenvalue weighted by Gasteiger charge is -2.35. The van der Waals surface area contributed by atoms with Crippen molar-refractivity contribution in [2.45, 2.75) is 37.1 Å². The molecule has 0 spiro atoms. The molecule has 8 heteroatoms. The molecule has 166 valence electrons. The fraction of sp³-hybridized carbons (Fsp3) is 0.375. The zero-order chi connectivity index (χ0) is 22.1. The van der Waals surface area contributed by atoms with Gasteiger partial charge in [-0.05, 0) is 42.7 Å². The highest BCUT2D eigenvalue weighted by atomic mass is 32.2. The smallest absolute Gasteiger partial charge is 0.248 e. The Morgan fingerprint density at radius 1 is 1.19 bits per heavy atom. The molecule has 1 aliphatic heterocycles. The number of rotatable bonds is 5. The van der Waals surface area contributed by atoms with E-state index in [9.17, 15) is 9.59 Å². The lowest BCUT2D eigenvalue weighted by atomic mass is 9.77. The number of nitrogens with one attached hydrogen (secondary N) is 2. The number of hydrogen-bond donors (Lipinski definition) is 2. The molecule has 5 rings (SSSR count). The third-order valence-corrected chi connectivity index (χ3v) is 7.71. The van der Waals surface area contributed by atoms with Crippen LogP contribution < -0.4 is 10.1 Å². The first-order valence-electron chi connectivity index (χ1n) is 10.9. The Hall–Kier alpha value is -3.00. The van der Waals surface area contributed by atoms with Gasteiger partial charge in [-0.2, -0.15) is 5.10 Å². The summed E-state index contributed by atoms with van der Waals surface area (Å²) in [4.78, 5) is 29.0. The van der Waals surface area contributed by atoms with Crippen molar-refractivity contribution < 1.29 is 14.3 Å². The van der Waals surface area contributed by atoms with E-state index in [1.54, 1.807) is 30.0 Å². The van der Waals surface area contributed by atoms with Crippen LogP contribution in [-0.4, -0.2) is 51.7 Å². The summed E-state index contributed by atoms with van der Waals surface area (Å²) in [6, 6.07) is 13.0. The van der Waals surface area contributed by atoms with Gasteiger partial charge in [-0.15, -0.1) is 11.8 Å². The first kappa shape index (κ1) is 20.9. The van der Waals surface area contributed by atoms with Gasteiger partial charge in [0.05, 0.1) is 35.8 Å². The average Bonchev–Trinajstić information content (AvgIpc) is 3.59. The van der Waals surface area contributed by atoms with Gasteiger partial charge in [-0.3, -0.25) is 14.7 Å². The van der Waals surface area contributed by atoms with Crippen LogP contribution in [-0.2, 0) is 15.0 Å². The van der Waals surface area contributed by atoms with Gasteiger partial charge in [0.1, 0.15) is 11.8 Å². The van der Waals surface area contributed by atoms with E-state index in [1.165, 1.54) is 0 Å². The number of anilines is 1. The Labute approximate surface area is 190 Å². The number of carbonyl (C=O) groups is 2. The van der Waals surface area contributed by atoms with Crippen LogP contribution in [0.25, 0.3) is 10.9 Å². The van der Waals surface area contributed by atoms with E-state index < -0.39 is 11.5 Å². The number of methoxy groups -OCH3 is 1. The van der Waals surface area contributed by atoms with E-state index in [4.69, 9.17) is 4.74 Å². The molecular formula is C24H26N4O3S. The van der Waals surface area contributed by atoms with Gasteiger partial charge in [0.15, 0.2) is 0 Å². The zero-order valence-electron chi connectivity index (χ0n) is 18.0. The van der Waals surface area contributed by atoms with Gasteiger partial charge in [0, 0.05) is 11.1 Å². The minimum atomic E-state index is -0.569. The molecule has 1 aliphatic carbocycles. The van der Waals surface area contributed by atoms with Gasteiger partial charge in [-0.25, -0.2) is 0 Å². The van der Waals surface area contributed by atoms with E-state index in [0.29, 0.717) is 17.3 Å². The second kappa shape index (κ2) is 8.50. The number of hydrogen-bond acceptors (Lipinski definition) is 5. The summed E-state index contributed by atoms with van der Waals surface area (Å²) in [6.45, 7) is 0. The van der Waals surface area contributed by atoms with Crippen LogP contribution in [0.15, 0.2) is 48.7 Å². The molecule has 7 nitrogen and oxygen atoms in total. The van der Waals surface area contributed by atoms with Crippen molar-refractivity contribution >= 4 is 40.2 Å². The molecule has 0 bridgehead atoms. The fourth-order valence-electron chi connectivity index (χ4n) is 4.94. The van der Waals surface area contributed by atoms with Crippen LogP contribution in [0.1, 0.15) is 31.2 Å². The molecule has 2 fully saturated rings.